The summed E-state index contributed by atoms with van der Waals surface area (Å²) < 4.78 is 33.3. The number of nitrogens with two attached hydrogens (primary N) is 1. The molecule has 1 aliphatic rings. The van der Waals surface area contributed by atoms with E-state index in [1.807, 2.05) is 0 Å². The molecule has 8 heteroatoms. The number of allylic oxidation sites excluding steroid dienone is 1. The van der Waals surface area contributed by atoms with Gasteiger partial charge < -0.3 is 25.3 Å². The molecule has 0 aliphatic carbocycles. The maximum absolute atomic E-state index is 13.4. The van der Waals surface area contributed by atoms with Crippen LogP contribution in [0.3, 0.4) is 0 Å². The van der Waals surface area contributed by atoms with Crippen molar-refractivity contribution >= 4 is 11.8 Å². The number of methoxy groups -OCH3 is 1. The number of pyridine rings is 1. The summed E-state index contributed by atoms with van der Waals surface area (Å²) in [6.07, 6.45) is 5.16. The minimum atomic E-state index is -0.831. The first kappa shape index (κ1) is 23.7. The minimum Gasteiger partial charge on any atom is -0.497 e. The zero-order chi connectivity index (χ0) is 23.1. The Morgan fingerprint density at radius 1 is 1.22 bits per heavy atom. The molecule has 0 radical (unpaired) electrons. The predicted molar refractivity (Wildman–Crippen MR) is 123 cm³/mol. The van der Waals surface area contributed by atoms with E-state index in [1.165, 1.54) is 12.1 Å². The van der Waals surface area contributed by atoms with Crippen LogP contribution in [0.4, 0.5) is 14.5 Å². The molecule has 1 fully saturated rings. The number of hydrogen-bond acceptors (Lipinski definition) is 5. The Morgan fingerprint density at radius 2 is 1.97 bits per heavy atom. The van der Waals surface area contributed by atoms with Crippen molar-refractivity contribution in [3.05, 3.63) is 82.0 Å². The van der Waals surface area contributed by atoms with Crippen LogP contribution in [0.1, 0.15) is 24.1 Å². The van der Waals surface area contributed by atoms with Gasteiger partial charge in [0.2, 0.25) is 0 Å². The molecule has 1 aliphatic heterocycles. The number of likely N-dealkylation sites (tertiary alicyclic amines) is 1. The van der Waals surface area contributed by atoms with E-state index in [9.17, 15) is 13.6 Å². The van der Waals surface area contributed by atoms with Gasteiger partial charge in [0.15, 0.2) is 11.6 Å². The first-order valence-corrected chi connectivity index (χ1v) is 10.7. The van der Waals surface area contributed by atoms with Crippen LogP contribution in [0.2, 0.25) is 0 Å². The van der Waals surface area contributed by atoms with Crippen LogP contribution in [-0.2, 0) is 17.8 Å². The number of rotatable bonds is 9. The van der Waals surface area contributed by atoms with Crippen molar-refractivity contribution in [2.24, 2.45) is 0 Å². The van der Waals surface area contributed by atoms with Gasteiger partial charge in [-0.2, -0.15) is 0 Å². The Bertz CT molecular complexity index is 1030. The third kappa shape index (κ3) is 6.05. The SMILES string of the molecule is C=C/C(=C\c1c(N)ccc(=O)n1CCN1CCC(NCc2ccc(F)c(F)c2)CC1)OC. The fraction of sp³-hybridized carbons (Fsp3) is 0.375. The fourth-order valence-electron chi connectivity index (χ4n) is 3.85. The van der Waals surface area contributed by atoms with Crippen LogP contribution >= 0.6 is 0 Å². The Hall–Kier alpha value is -2.97. The number of piperidine rings is 1. The van der Waals surface area contributed by atoms with E-state index in [-0.39, 0.29) is 5.56 Å². The summed E-state index contributed by atoms with van der Waals surface area (Å²) in [5, 5.41) is 3.42. The lowest BCUT2D eigenvalue weighted by Crippen LogP contribution is -2.43. The van der Waals surface area contributed by atoms with Gasteiger partial charge in [0.25, 0.3) is 5.56 Å². The van der Waals surface area contributed by atoms with E-state index in [0.717, 1.165) is 44.1 Å². The average molecular weight is 445 g/mol. The monoisotopic (exact) mass is 444 g/mol. The average Bonchev–Trinajstić information content (AvgIpc) is 2.80. The highest BCUT2D eigenvalue weighted by Gasteiger charge is 2.19. The third-order valence-electron chi connectivity index (χ3n) is 5.78. The highest BCUT2D eigenvalue weighted by molar-refractivity contribution is 5.63. The highest BCUT2D eigenvalue weighted by Crippen LogP contribution is 2.16. The van der Waals surface area contributed by atoms with Gasteiger partial charge in [0.05, 0.1) is 18.5 Å². The molecule has 1 aromatic carbocycles. The molecule has 0 saturated carbocycles. The Balaban J connectivity index is 1.54. The molecule has 3 rings (SSSR count). The van der Waals surface area contributed by atoms with Gasteiger partial charge >= 0.3 is 0 Å². The molecule has 2 heterocycles. The first-order valence-electron chi connectivity index (χ1n) is 10.7. The first-order chi connectivity index (χ1) is 15.4. The van der Waals surface area contributed by atoms with Crippen molar-refractivity contribution in [1.82, 2.24) is 14.8 Å². The van der Waals surface area contributed by atoms with E-state index in [2.05, 4.69) is 16.8 Å². The summed E-state index contributed by atoms with van der Waals surface area (Å²) in [7, 11) is 1.54. The largest absolute Gasteiger partial charge is 0.497 e. The number of hydrogen-bond donors (Lipinski definition) is 2. The third-order valence-corrected chi connectivity index (χ3v) is 5.78. The van der Waals surface area contributed by atoms with Crippen LogP contribution < -0.4 is 16.6 Å². The highest BCUT2D eigenvalue weighted by atomic mass is 19.2. The Morgan fingerprint density at radius 3 is 2.62 bits per heavy atom. The number of nitrogen functional groups attached to an aromatic ring is 1. The molecule has 0 bridgehead atoms. The van der Waals surface area contributed by atoms with Crippen molar-refractivity contribution in [3.63, 3.8) is 0 Å². The molecule has 0 amide bonds. The number of benzene rings is 1. The van der Waals surface area contributed by atoms with E-state index in [4.69, 9.17) is 10.5 Å². The molecule has 0 spiro atoms. The van der Waals surface area contributed by atoms with Crippen LogP contribution in [0.15, 0.2) is 53.5 Å². The van der Waals surface area contributed by atoms with Crippen molar-refractivity contribution in [2.45, 2.75) is 32.0 Å². The lowest BCUT2D eigenvalue weighted by atomic mass is 10.0. The standard InChI is InChI=1S/C24H30F2N4O2/c1-3-19(32-2)15-23-22(27)6-7-24(31)30(23)13-12-29-10-8-18(9-11-29)28-16-17-4-5-20(25)21(26)14-17/h3-7,14-15,18,28H,1,8-13,16,27H2,2H3/b19-15+. The normalized spacial score (nSPS) is 15.7. The number of aromatic nitrogens is 1. The quantitative estimate of drug-likeness (QED) is 0.459. The molecular formula is C24H30F2N4O2. The number of nitrogens with zero attached hydrogens (tertiary/aromatic N) is 2. The van der Waals surface area contributed by atoms with Crippen molar-refractivity contribution in [2.75, 3.05) is 32.5 Å². The summed E-state index contributed by atoms with van der Waals surface area (Å²) in [6.45, 7) is 7.20. The van der Waals surface area contributed by atoms with Crippen LogP contribution in [0, 0.1) is 11.6 Å². The number of ether oxygens (including phenoxy) is 1. The summed E-state index contributed by atoms with van der Waals surface area (Å²) in [4.78, 5) is 14.8. The fourth-order valence-corrected chi connectivity index (χ4v) is 3.85. The van der Waals surface area contributed by atoms with Gasteiger partial charge in [0, 0.05) is 37.8 Å². The van der Waals surface area contributed by atoms with E-state index < -0.39 is 11.6 Å². The second-order valence-electron chi connectivity index (χ2n) is 7.86. The molecule has 1 saturated heterocycles. The summed E-state index contributed by atoms with van der Waals surface area (Å²) in [5.41, 5.74) is 7.83. The summed E-state index contributed by atoms with van der Waals surface area (Å²) in [6, 6.07) is 7.36. The molecule has 3 N–H and O–H groups in total. The number of halogens is 2. The smallest absolute Gasteiger partial charge is 0.251 e. The summed E-state index contributed by atoms with van der Waals surface area (Å²) >= 11 is 0. The van der Waals surface area contributed by atoms with E-state index >= 15 is 0 Å². The van der Waals surface area contributed by atoms with Gasteiger partial charge in [-0.3, -0.25) is 4.79 Å². The molecule has 0 unspecified atom stereocenters. The predicted octanol–water partition coefficient (Wildman–Crippen LogP) is 3.14. The molecule has 0 atom stereocenters. The van der Waals surface area contributed by atoms with Crippen molar-refractivity contribution in [1.29, 1.82) is 0 Å². The van der Waals surface area contributed by atoms with Gasteiger partial charge in [-0.1, -0.05) is 12.6 Å². The lowest BCUT2D eigenvalue weighted by Gasteiger charge is -2.32. The Labute approximate surface area is 187 Å². The maximum Gasteiger partial charge on any atom is 0.251 e. The minimum absolute atomic E-state index is 0.118. The van der Waals surface area contributed by atoms with Crippen LogP contribution in [-0.4, -0.2) is 42.3 Å². The van der Waals surface area contributed by atoms with Gasteiger partial charge in [-0.25, -0.2) is 8.78 Å². The molecule has 172 valence electrons. The van der Waals surface area contributed by atoms with Gasteiger partial charge in [-0.05, 0) is 55.8 Å². The molecule has 32 heavy (non-hydrogen) atoms. The van der Waals surface area contributed by atoms with Crippen molar-refractivity contribution in [3.8, 4) is 0 Å². The van der Waals surface area contributed by atoms with Gasteiger partial charge in [-0.15, -0.1) is 0 Å². The molecule has 2 aromatic rings. The van der Waals surface area contributed by atoms with Crippen LogP contribution in [0.25, 0.3) is 6.08 Å². The number of nitrogens with one attached hydrogen (secondary N) is 1. The number of anilines is 1. The topological polar surface area (TPSA) is 72.5 Å². The molecule has 6 nitrogen and oxygen atoms in total. The lowest BCUT2D eigenvalue weighted by molar-refractivity contribution is 0.190. The van der Waals surface area contributed by atoms with E-state index in [1.54, 1.807) is 36.0 Å². The maximum atomic E-state index is 13.4. The van der Waals surface area contributed by atoms with Crippen LogP contribution in [0.5, 0.6) is 0 Å². The van der Waals surface area contributed by atoms with Crippen molar-refractivity contribution < 1.29 is 13.5 Å². The molecule has 1 aromatic heterocycles. The molecular weight excluding hydrogens is 414 g/mol. The van der Waals surface area contributed by atoms with Gasteiger partial charge in [0.1, 0.15) is 5.76 Å². The zero-order valence-electron chi connectivity index (χ0n) is 18.3. The zero-order valence-corrected chi connectivity index (χ0v) is 18.3. The van der Waals surface area contributed by atoms with E-state index in [0.29, 0.717) is 36.3 Å². The summed E-state index contributed by atoms with van der Waals surface area (Å²) in [5.74, 6) is -1.12. The second-order valence-corrected chi connectivity index (χ2v) is 7.86. The second kappa shape index (κ2) is 11.1. The Kier molecular flexibility index (Phi) is 8.19.